The molecule has 1 aliphatic rings. The van der Waals surface area contributed by atoms with Crippen molar-refractivity contribution in [1.29, 1.82) is 0 Å². The molecule has 7 nitrogen and oxygen atoms in total. The van der Waals surface area contributed by atoms with Crippen LogP contribution < -0.4 is 0 Å². The van der Waals surface area contributed by atoms with Gasteiger partial charge in [0.15, 0.2) is 5.65 Å². The summed E-state index contributed by atoms with van der Waals surface area (Å²) in [5, 5.41) is 7.91. The number of carbonyl (C=O) groups excluding carboxylic acids is 1. The fourth-order valence-corrected chi connectivity index (χ4v) is 3.19. The number of carbonyl (C=O) groups is 1. The number of aryl methyl sites for hydroxylation is 1. The number of hydrogen-bond donors (Lipinski definition) is 1. The largest absolute Gasteiger partial charge is 0.337 e. The number of aromatic amines is 1. The van der Waals surface area contributed by atoms with Gasteiger partial charge in [0.05, 0.1) is 17.9 Å². The average Bonchev–Trinajstić information content (AvgIpc) is 3.25. The Labute approximate surface area is 133 Å². The van der Waals surface area contributed by atoms with E-state index < -0.39 is 0 Å². The van der Waals surface area contributed by atoms with E-state index in [2.05, 4.69) is 24.7 Å². The number of imidazole rings is 1. The molecule has 118 valence electrons. The van der Waals surface area contributed by atoms with Crippen LogP contribution in [0.4, 0.5) is 0 Å². The predicted molar refractivity (Wildman–Crippen MR) is 85.0 cm³/mol. The Bertz CT molecular complexity index is 838. The van der Waals surface area contributed by atoms with Crippen molar-refractivity contribution in [3.05, 3.63) is 42.2 Å². The number of likely N-dealkylation sites (tertiary alicyclic amines) is 1. The summed E-state index contributed by atoms with van der Waals surface area (Å²) in [5.74, 6) is 0.0322. The predicted octanol–water partition coefficient (Wildman–Crippen LogP) is 1.94. The summed E-state index contributed by atoms with van der Waals surface area (Å²) < 4.78 is 2.08. The fourth-order valence-electron chi connectivity index (χ4n) is 3.19. The second-order valence-corrected chi connectivity index (χ2v) is 6.00. The van der Waals surface area contributed by atoms with Crippen molar-refractivity contribution >= 4 is 16.9 Å². The average molecular weight is 310 g/mol. The maximum absolute atomic E-state index is 12.8. The number of H-pyrrole nitrogens is 1. The van der Waals surface area contributed by atoms with Crippen LogP contribution in [0, 0.1) is 6.92 Å². The van der Waals surface area contributed by atoms with Crippen LogP contribution in [0.25, 0.3) is 11.0 Å². The SMILES string of the molecule is Cc1[nH]nc2ncc(C(=O)N3CCC[C@H](n4ccnc4)C3)cc12. The van der Waals surface area contributed by atoms with Crippen LogP contribution in [0.5, 0.6) is 0 Å². The number of nitrogens with zero attached hydrogens (tertiary/aromatic N) is 5. The minimum Gasteiger partial charge on any atom is -0.337 e. The minimum atomic E-state index is 0.0322. The summed E-state index contributed by atoms with van der Waals surface area (Å²) in [7, 11) is 0. The summed E-state index contributed by atoms with van der Waals surface area (Å²) >= 11 is 0. The molecule has 7 heteroatoms. The second kappa shape index (κ2) is 5.49. The van der Waals surface area contributed by atoms with Crippen molar-refractivity contribution in [1.82, 2.24) is 29.6 Å². The van der Waals surface area contributed by atoms with Crippen LogP contribution in [0.3, 0.4) is 0 Å². The number of amides is 1. The molecule has 0 spiro atoms. The lowest BCUT2D eigenvalue weighted by atomic mass is 10.0. The molecule has 0 unspecified atom stereocenters. The van der Waals surface area contributed by atoms with E-state index in [0.717, 1.165) is 30.5 Å². The molecule has 1 atom stereocenters. The first kappa shape index (κ1) is 13.9. The summed E-state index contributed by atoms with van der Waals surface area (Å²) in [6.45, 7) is 3.42. The summed E-state index contributed by atoms with van der Waals surface area (Å²) in [6.07, 6.45) is 9.24. The van der Waals surface area contributed by atoms with Crippen LogP contribution in [0.1, 0.15) is 34.9 Å². The van der Waals surface area contributed by atoms with Crippen molar-refractivity contribution in [2.45, 2.75) is 25.8 Å². The van der Waals surface area contributed by atoms with Gasteiger partial charge in [-0.2, -0.15) is 5.10 Å². The highest BCUT2D eigenvalue weighted by Gasteiger charge is 2.25. The van der Waals surface area contributed by atoms with Gasteiger partial charge in [-0.25, -0.2) is 9.97 Å². The van der Waals surface area contributed by atoms with Crippen LogP contribution >= 0.6 is 0 Å². The molecule has 4 rings (SSSR count). The summed E-state index contributed by atoms with van der Waals surface area (Å²) in [4.78, 5) is 23.1. The van der Waals surface area contributed by atoms with Gasteiger partial charge in [-0.3, -0.25) is 9.89 Å². The van der Waals surface area contributed by atoms with Crippen molar-refractivity contribution < 1.29 is 4.79 Å². The van der Waals surface area contributed by atoms with E-state index in [-0.39, 0.29) is 5.91 Å². The zero-order chi connectivity index (χ0) is 15.8. The number of rotatable bonds is 2. The van der Waals surface area contributed by atoms with Gasteiger partial charge in [0, 0.05) is 42.8 Å². The molecule has 0 saturated carbocycles. The van der Waals surface area contributed by atoms with Gasteiger partial charge in [0.1, 0.15) is 0 Å². The lowest BCUT2D eigenvalue weighted by molar-refractivity contribution is 0.0679. The van der Waals surface area contributed by atoms with Crippen molar-refractivity contribution in [3.63, 3.8) is 0 Å². The minimum absolute atomic E-state index is 0.0322. The third-order valence-corrected chi connectivity index (χ3v) is 4.48. The van der Waals surface area contributed by atoms with Gasteiger partial charge in [-0.05, 0) is 25.8 Å². The molecule has 23 heavy (non-hydrogen) atoms. The first-order valence-corrected chi connectivity index (χ1v) is 7.80. The van der Waals surface area contributed by atoms with Crippen LogP contribution in [-0.2, 0) is 0 Å². The van der Waals surface area contributed by atoms with Crippen molar-refractivity contribution in [2.75, 3.05) is 13.1 Å². The number of aromatic nitrogens is 5. The molecule has 3 aromatic rings. The highest BCUT2D eigenvalue weighted by Crippen LogP contribution is 2.23. The van der Waals surface area contributed by atoms with Gasteiger partial charge in [-0.1, -0.05) is 0 Å². The number of hydrogen-bond acceptors (Lipinski definition) is 4. The molecular formula is C16H18N6O. The fraction of sp³-hybridized carbons (Fsp3) is 0.375. The van der Waals surface area contributed by atoms with Crippen LogP contribution in [0.15, 0.2) is 31.0 Å². The molecule has 1 aliphatic heterocycles. The van der Waals surface area contributed by atoms with E-state index >= 15 is 0 Å². The number of fused-ring (bicyclic) bond motifs is 1. The van der Waals surface area contributed by atoms with E-state index in [4.69, 9.17) is 0 Å². The number of pyridine rings is 1. The van der Waals surface area contributed by atoms with E-state index in [0.29, 0.717) is 23.8 Å². The molecule has 0 bridgehead atoms. The Morgan fingerprint density at radius 3 is 3.17 bits per heavy atom. The molecule has 0 radical (unpaired) electrons. The lowest BCUT2D eigenvalue weighted by Gasteiger charge is -2.33. The number of piperidine rings is 1. The lowest BCUT2D eigenvalue weighted by Crippen LogP contribution is -2.40. The monoisotopic (exact) mass is 310 g/mol. The Kier molecular flexibility index (Phi) is 3.33. The zero-order valence-corrected chi connectivity index (χ0v) is 12.9. The van der Waals surface area contributed by atoms with E-state index in [1.54, 1.807) is 12.4 Å². The van der Waals surface area contributed by atoms with Gasteiger partial charge >= 0.3 is 0 Å². The zero-order valence-electron chi connectivity index (χ0n) is 12.9. The molecule has 1 saturated heterocycles. The van der Waals surface area contributed by atoms with E-state index in [9.17, 15) is 4.79 Å². The van der Waals surface area contributed by atoms with Gasteiger partial charge in [-0.15, -0.1) is 0 Å². The van der Waals surface area contributed by atoms with Crippen molar-refractivity contribution in [3.8, 4) is 0 Å². The number of nitrogens with one attached hydrogen (secondary N) is 1. The van der Waals surface area contributed by atoms with Crippen LogP contribution in [-0.4, -0.2) is 48.6 Å². The normalized spacial score (nSPS) is 18.5. The molecule has 0 aliphatic carbocycles. The van der Waals surface area contributed by atoms with E-state index in [1.165, 1.54) is 0 Å². The highest BCUT2D eigenvalue weighted by atomic mass is 16.2. The van der Waals surface area contributed by atoms with Gasteiger partial charge in [0.25, 0.3) is 5.91 Å². The Balaban J connectivity index is 1.58. The smallest absolute Gasteiger partial charge is 0.255 e. The van der Waals surface area contributed by atoms with E-state index in [1.807, 2.05) is 30.4 Å². The second-order valence-electron chi connectivity index (χ2n) is 6.00. The maximum Gasteiger partial charge on any atom is 0.255 e. The Morgan fingerprint density at radius 1 is 1.43 bits per heavy atom. The Morgan fingerprint density at radius 2 is 2.35 bits per heavy atom. The molecule has 4 heterocycles. The standard InChI is InChI=1S/C16H18N6O/c1-11-14-7-12(8-18-15(14)20-19-11)16(23)21-5-2-3-13(9-21)22-6-4-17-10-22/h4,6-8,10,13H,2-3,5,9H2,1H3,(H,18,19,20)/t13-/m0/s1. The highest BCUT2D eigenvalue weighted by molar-refractivity contribution is 5.97. The first-order chi connectivity index (χ1) is 11.2. The summed E-state index contributed by atoms with van der Waals surface area (Å²) in [5.41, 5.74) is 2.19. The maximum atomic E-state index is 12.8. The topological polar surface area (TPSA) is 79.7 Å². The molecule has 1 amide bonds. The molecular weight excluding hydrogens is 292 g/mol. The molecule has 1 fully saturated rings. The molecule has 0 aromatic carbocycles. The summed E-state index contributed by atoms with van der Waals surface area (Å²) in [6, 6.07) is 2.17. The van der Waals surface area contributed by atoms with Crippen molar-refractivity contribution in [2.24, 2.45) is 0 Å². The quantitative estimate of drug-likeness (QED) is 0.784. The van der Waals surface area contributed by atoms with Gasteiger partial charge < -0.3 is 9.47 Å². The first-order valence-electron chi connectivity index (χ1n) is 7.80. The Hall–Kier alpha value is -2.70. The third kappa shape index (κ3) is 2.48. The molecule has 3 aromatic heterocycles. The van der Waals surface area contributed by atoms with Crippen LogP contribution in [0.2, 0.25) is 0 Å². The van der Waals surface area contributed by atoms with Gasteiger partial charge in [0.2, 0.25) is 0 Å². The third-order valence-electron chi connectivity index (χ3n) is 4.48. The molecule has 1 N–H and O–H groups in total.